The molecule has 0 aliphatic heterocycles. The minimum atomic E-state index is -4.03. The zero-order valence-electron chi connectivity index (χ0n) is 6.87. The fraction of sp³-hybridized carbons (Fsp3) is 0.111. The van der Waals surface area contributed by atoms with Crippen molar-refractivity contribution in [3.05, 3.63) is 35.9 Å². The van der Waals surface area contributed by atoms with Crippen molar-refractivity contribution in [3.8, 4) is 0 Å². The van der Waals surface area contributed by atoms with Gasteiger partial charge in [-0.1, -0.05) is 30.3 Å². The maximum absolute atomic E-state index is 13.0. The van der Waals surface area contributed by atoms with Crippen molar-refractivity contribution in [2.45, 2.75) is 5.92 Å². The van der Waals surface area contributed by atoms with E-state index in [1.807, 2.05) is 0 Å². The molecule has 0 radical (unpaired) electrons. The zero-order chi connectivity index (χ0) is 10.8. The predicted octanol–water partition coefficient (Wildman–Crippen LogP) is 0.0974. The lowest BCUT2D eigenvalue weighted by molar-refractivity contribution is -0.302. The Hall–Kier alpha value is -1.78. The molecule has 0 N–H and O–H groups in total. The summed E-state index contributed by atoms with van der Waals surface area (Å²) in [7, 11) is 0. The van der Waals surface area contributed by atoms with Crippen LogP contribution in [0.15, 0.2) is 30.3 Å². The summed E-state index contributed by atoms with van der Waals surface area (Å²) in [5.41, 5.74) is -0.658. The highest BCUT2D eigenvalue weighted by atomic mass is 19.3. The number of Topliss-reactive ketones (excluding diaryl/α,β-unsaturated/α-hetero) is 1. The van der Waals surface area contributed by atoms with Gasteiger partial charge in [-0.2, -0.15) is 8.78 Å². The molecule has 74 valence electrons. The summed E-state index contributed by atoms with van der Waals surface area (Å²) >= 11 is 0. The SMILES string of the molecule is O=C([O-])C(=O)C(F)(F)c1ccccc1. The summed E-state index contributed by atoms with van der Waals surface area (Å²) in [5, 5.41) is 9.98. The number of rotatable bonds is 3. The molecule has 0 heterocycles. The van der Waals surface area contributed by atoms with Gasteiger partial charge in [-0.05, 0) is 0 Å². The molecule has 0 unspecified atom stereocenters. The number of aliphatic carboxylic acids is 1. The lowest BCUT2D eigenvalue weighted by Gasteiger charge is -2.15. The number of carboxylic acid groups (broad SMARTS) is 1. The van der Waals surface area contributed by atoms with Crippen molar-refractivity contribution < 1.29 is 23.5 Å². The van der Waals surface area contributed by atoms with E-state index in [0.29, 0.717) is 0 Å². The maximum atomic E-state index is 13.0. The Morgan fingerprint density at radius 2 is 1.64 bits per heavy atom. The fourth-order valence-electron chi connectivity index (χ4n) is 0.907. The highest BCUT2D eigenvalue weighted by Gasteiger charge is 2.40. The van der Waals surface area contributed by atoms with E-state index in [1.165, 1.54) is 18.2 Å². The van der Waals surface area contributed by atoms with E-state index in [1.54, 1.807) is 0 Å². The average Bonchev–Trinajstić information content (AvgIpc) is 2.18. The van der Waals surface area contributed by atoms with E-state index in [9.17, 15) is 23.5 Å². The molecule has 1 aromatic rings. The maximum Gasteiger partial charge on any atom is 0.336 e. The van der Waals surface area contributed by atoms with Gasteiger partial charge in [0.1, 0.15) is 5.97 Å². The summed E-state index contributed by atoms with van der Waals surface area (Å²) < 4.78 is 26.1. The lowest BCUT2D eigenvalue weighted by atomic mass is 10.1. The molecule has 0 aromatic heterocycles. The van der Waals surface area contributed by atoms with E-state index >= 15 is 0 Å². The van der Waals surface area contributed by atoms with Crippen LogP contribution in [0.4, 0.5) is 8.78 Å². The number of hydrogen-bond acceptors (Lipinski definition) is 3. The smallest absolute Gasteiger partial charge is 0.336 e. The zero-order valence-corrected chi connectivity index (χ0v) is 6.87. The van der Waals surface area contributed by atoms with E-state index in [0.717, 1.165) is 12.1 Å². The molecule has 0 saturated carbocycles. The molecule has 0 atom stereocenters. The number of ketones is 1. The second-order valence-corrected chi connectivity index (χ2v) is 2.56. The molecule has 1 rings (SSSR count). The van der Waals surface area contributed by atoms with Crippen molar-refractivity contribution in [2.24, 2.45) is 0 Å². The van der Waals surface area contributed by atoms with Crippen LogP contribution in [-0.2, 0) is 15.5 Å². The van der Waals surface area contributed by atoms with Gasteiger partial charge in [-0.3, -0.25) is 4.79 Å². The summed E-state index contributed by atoms with van der Waals surface area (Å²) in [5.74, 6) is -8.65. The molecular weight excluding hydrogens is 194 g/mol. The molecular formula is C9H5F2O3-. The number of benzene rings is 1. The topological polar surface area (TPSA) is 57.2 Å². The van der Waals surface area contributed by atoms with Gasteiger partial charge < -0.3 is 9.90 Å². The molecule has 5 heteroatoms. The van der Waals surface area contributed by atoms with Gasteiger partial charge in [-0.15, -0.1) is 0 Å². The Morgan fingerprint density at radius 1 is 1.14 bits per heavy atom. The Bertz CT molecular complexity index is 360. The molecule has 1 aromatic carbocycles. The van der Waals surface area contributed by atoms with Crippen LogP contribution in [0.2, 0.25) is 0 Å². The van der Waals surface area contributed by atoms with Crippen LogP contribution in [-0.4, -0.2) is 11.8 Å². The first-order valence-electron chi connectivity index (χ1n) is 3.65. The lowest BCUT2D eigenvalue weighted by Crippen LogP contribution is -2.41. The van der Waals surface area contributed by atoms with Crippen LogP contribution in [0.5, 0.6) is 0 Å². The molecule has 14 heavy (non-hydrogen) atoms. The normalized spacial score (nSPS) is 11.0. The van der Waals surface area contributed by atoms with Gasteiger partial charge in [0, 0.05) is 5.56 Å². The minimum absolute atomic E-state index is 0.658. The third-order valence-corrected chi connectivity index (χ3v) is 1.61. The second-order valence-electron chi connectivity index (χ2n) is 2.56. The first-order chi connectivity index (χ1) is 6.46. The average molecular weight is 199 g/mol. The van der Waals surface area contributed by atoms with Crippen LogP contribution in [0.1, 0.15) is 5.56 Å². The van der Waals surface area contributed by atoms with E-state index in [-0.39, 0.29) is 0 Å². The Kier molecular flexibility index (Phi) is 2.60. The fourth-order valence-corrected chi connectivity index (χ4v) is 0.907. The largest absolute Gasteiger partial charge is 0.542 e. The quantitative estimate of drug-likeness (QED) is 0.648. The number of carbonyl (C=O) groups excluding carboxylic acids is 2. The Morgan fingerprint density at radius 3 is 2.07 bits per heavy atom. The number of alkyl halides is 2. The third kappa shape index (κ3) is 1.76. The van der Waals surface area contributed by atoms with Crippen molar-refractivity contribution in [2.75, 3.05) is 0 Å². The molecule has 3 nitrogen and oxygen atoms in total. The van der Waals surface area contributed by atoms with Crippen LogP contribution >= 0.6 is 0 Å². The summed E-state index contributed by atoms with van der Waals surface area (Å²) in [4.78, 5) is 20.5. The van der Waals surface area contributed by atoms with Crippen molar-refractivity contribution in [1.29, 1.82) is 0 Å². The first-order valence-corrected chi connectivity index (χ1v) is 3.65. The van der Waals surface area contributed by atoms with Crippen molar-refractivity contribution in [3.63, 3.8) is 0 Å². The van der Waals surface area contributed by atoms with E-state index in [2.05, 4.69) is 0 Å². The van der Waals surface area contributed by atoms with Gasteiger partial charge in [-0.25, -0.2) is 0 Å². The highest BCUT2D eigenvalue weighted by molar-refractivity contribution is 6.34. The van der Waals surface area contributed by atoms with E-state index in [4.69, 9.17) is 0 Å². The Balaban J connectivity index is 3.08. The van der Waals surface area contributed by atoms with Crippen LogP contribution in [0, 0.1) is 0 Å². The second kappa shape index (κ2) is 3.53. The number of carboxylic acids is 1. The van der Waals surface area contributed by atoms with E-state index < -0.39 is 23.2 Å². The van der Waals surface area contributed by atoms with Crippen molar-refractivity contribution in [1.82, 2.24) is 0 Å². The summed E-state index contributed by atoms with van der Waals surface area (Å²) in [6.45, 7) is 0. The van der Waals surface area contributed by atoms with Crippen LogP contribution < -0.4 is 5.11 Å². The van der Waals surface area contributed by atoms with Gasteiger partial charge >= 0.3 is 5.92 Å². The predicted molar refractivity (Wildman–Crippen MR) is 40.4 cm³/mol. The van der Waals surface area contributed by atoms with Crippen molar-refractivity contribution >= 4 is 11.8 Å². The number of carbonyl (C=O) groups is 2. The summed E-state index contributed by atoms with van der Waals surface area (Å²) in [6, 6.07) is 5.99. The number of hydrogen-bond donors (Lipinski definition) is 0. The van der Waals surface area contributed by atoms with Gasteiger partial charge in [0.15, 0.2) is 0 Å². The van der Waals surface area contributed by atoms with Gasteiger partial charge in [0.2, 0.25) is 0 Å². The van der Waals surface area contributed by atoms with Gasteiger partial charge in [0.25, 0.3) is 5.78 Å². The molecule has 0 aliphatic rings. The molecule has 0 fully saturated rings. The summed E-state index contributed by atoms with van der Waals surface area (Å²) in [6.07, 6.45) is 0. The molecule has 0 bridgehead atoms. The first kappa shape index (κ1) is 10.3. The highest BCUT2D eigenvalue weighted by Crippen LogP contribution is 2.28. The molecule has 0 saturated heterocycles. The third-order valence-electron chi connectivity index (χ3n) is 1.61. The monoisotopic (exact) mass is 199 g/mol. The standard InChI is InChI=1S/C9H6F2O3/c10-9(11,7(12)8(13)14)6-4-2-1-3-5-6/h1-5H,(H,13,14)/p-1. The molecule has 0 amide bonds. The van der Waals surface area contributed by atoms with Crippen LogP contribution in [0.3, 0.4) is 0 Å². The molecule has 0 aliphatic carbocycles. The molecule has 0 spiro atoms. The number of halogens is 2. The van der Waals surface area contributed by atoms with Gasteiger partial charge in [0.05, 0.1) is 0 Å². The van der Waals surface area contributed by atoms with Crippen LogP contribution in [0.25, 0.3) is 0 Å². The minimum Gasteiger partial charge on any atom is -0.542 e. The Labute approximate surface area is 78.0 Å².